The van der Waals surface area contributed by atoms with E-state index in [4.69, 9.17) is 15.2 Å². The molecule has 1 aromatic rings. The largest absolute Gasteiger partial charge is 0.490 e. The van der Waals surface area contributed by atoms with Crippen molar-refractivity contribution in [2.75, 3.05) is 13.2 Å². The predicted octanol–water partition coefficient (Wildman–Crippen LogP) is 3.82. The fourth-order valence-electron chi connectivity index (χ4n) is 3.33. The Hall–Kier alpha value is -1.22. The fraction of sp³-hybridized carbons (Fsp3) is 0.647. The highest BCUT2D eigenvalue weighted by Crippen LogP contribution is 2.36. The van der Waals surface area contributed by atoms with Crippen LogP contribution in [0.3, 0.4) is 0 Å². The Kier molecular flexibility index (Phi) is 4.46. The van der Waals surface area contributed by atoms with Gasteiger partial charge in [0.1, 0.15) is 0 Å². The van der Waals surface area contributed by atoms with E-state index in [2.05, 4.69) is 12.1 Å². The van der Waals surface area contributed by atoms with Gasteiger partial charge in [0.2, 0.25) is 0 Å². The van der Waals surface area contributed by atoms with E-state index in [-0.39, 0.29) is 6.04 Å². The van der Waals surface area contributed by atoms with Crippen LogP contribution in [0.5, 0.6) is 11.5 Å². The zero-order valence-corrected chi connectivity index (χ0v) is 12.1. The zero-order valence-electron chi connectivity index (χ0n) is 12.1. The smallest absolute Gasteiger partial charge is 0.161 e. The Morgan fingerprint density at radius 1 is 0.900 bits per heavy atom. The van der Waals surface area contributed by atoms with E-state index in [9.17, 15) is 0 Å². The monoisotopic (exact) mass is 275 g/mol. The molecular weight excluding hydrogens is 250 g/mol. The number of hydrogen-bond acceptors (Lipinski definition) is 3. The van der Waals surface area contributed by atoms with Gasteiger partial charge in [-0.05, 0) is 36.5 Å². The maximum absolute atomic E-state index is 6.51. The molecule has 0 aromatic heterocycles. The third-order valence-electron chi connectivity index (χ3n) is 4.56. The molecule has 1 aliphatic carbocycles. The van der Waals surface area contributed by atoms with Crippen LogP contribution in [-0.4, -0.2) is 13.2 Å². The zero-order chi connectivity index (χ0) is 13.8. The summed E-state index contributed by atoms with van der Waals surface area (Å²) >= 11 is 0. The summed E-state index contributed by atoms with van der Waals surface area (Å²) in [6.07, 6.45) is 8.84. The van der Waals surface area contributed by atoms with E-state index in [1.165, 1.54) is 44.1 Å². The summed E-state index contributed by atoms with van der Waals surface area (Å²) in [5, 5.41) is 0. The number of rotatable bonds is 2. The van der Waals surface area contributed by atoms with Crippen LogP contribution in [0.25, 0.3) is 0 Å². The number of ether oxygens (including phenoxy) is 2. The number of nitrogens with two attached hydrogens (primary N) is 1. The molecule has 2 N–H and O–H groups in total. The van der Waals surface area contributed by atoms with Gasteiger partial charge >= 0.3 is 0 Å². The van der Waals surface area contributed by atoms with Crippen LogP contribution in [0.4, 0.5) is 0 Å². The maximum Gasteiger partial charge on any atom is 0.161 e. The van der Waals surface area contributed by atoms with Crippen LogP contribution in [0.2, 0.25) is 0 Å². The minimum Gasteiger partial charge on any atom is -0.490 e. The van der Waals surface area contributed by atoms with E-state index in [0.717, 1.165) is 31.1 Å². The van der Waals surface area contributed by atoms with Gasteiger partial charge in [0, 0.05) is 12.5 Å². The maximum atomic E-state index is 6.51. The molecule has 1 atom stereocenters. The first-order chi connectivity index (χ1) is 9.84. The molecule has 0 bridgehead atoms. The number of benzene rings is 1. The standard InChI is InChI=1S/C17H25NO2/c18-17(13-6-3-1-2-4-7-13)14-8-9-15-16(12-14)20-11-5-10-19-15/h8-9,12-13,17H,1-7,10-11,18H2. The van der Waals surface area contributed by atoms with Crippen molar-refractivity contribution in [3.8, 4) is 11.5 Å². The van der Waals surface area contributed by atoms with E-state index in [0.29, 0.717) is 5.92 Å². The molecule has 0 spiro atoms. The number of hydrogen-bond donors (Lipinski definition) is 1. The molecule has 1 saturated carbocycles. The summed E-state index contributed by atoms with van der Waals surface area (Å²) in [6.45, 7) is 1.47. The van der Waals surface area contributed by atoms with Gasteiger partial charge in [-0.25, -0.2) is 0 Å². The van der Waals surface area contributed by atoms with Gasteiger partial charge in [0.15, 0.2) is 11.5 Å². The van der Waals surface area contributed by atoms with Gasteiger partial charge in [-0.1, -0.05) is 31.7 Å². The molecular formula is C17H25NO2. The van der Waals surface area contributed by atoms with Crippen molar-refractivity contribution in [1.29, 1.82) is 0 Å². The summed E-state index contributed by atoms with van der Waals surface area (Å²) in [4.78, 5) is 0. The molecule has 3 heteroatoms. The average molecular weight is 275 g/mol. The van der Waals surface area contributed by atoms with Crippen LogP contribution in [-0.2, 0) is 0 Å². The Morgan fingerprint density at radius 2 is 1.60 bits per heavy atom. The van der Waals surface area contributed by atoms with Crippen LogP contribution in [0.15, 0.2) is 18.2 Å². The van der Waals surface area contributed by atoms with Crippen molar-refractivity contribution < 1.29 is 9.47 Å². The fourth-order valence-corrected chi connectivity index (χ4v) is 3.33. The summed E-state index contributed by atoms with van der Waals surface area (Å²) in [6, 6.07) is 6.36. The van der Waals surface area contributed by atoms with Crippen molar-refractivity contribution >= 4 is 0 Å². The molecule has 0 radical (unpaired) electrons. The molecule has 1 aromatic carbocycles. The molecule has 1 aliphatic heterocycles. The van der Waals surface area contributed by atoms with E-state index in [1.807, 2.05) is 6.07 Å². The van der Waals surface area contributed by atoms with Crippen molar-refractivity contribution in [3.05, 3.63) is 23.8 Å². The third kappa shape index (κ3) is 3.09. The minimum absolute atomic E-state index is 0.130. The second-order valence-electron chi connectivity index (χ2n) is 6.03. The van der Waals surface area contributed by atoms with Gasteiger partial charge < -0.3 is 15.2 Å². The Morgan fingerprint density at radius 3 is 2.35 bits per heavy atom. The minimum atomic E-state index is 0.130. The molecule has 1 heterocycles. The molecule has 2 aliphatic rings. The first-order valence-corrected chi connectivity index (χ1v) is 8.00. The topological polar surface area (TPSA) is 44.5 Å². The van der Waals surface area contributed by atoms with Gasteiger partial charge in [-0.3, -0.25) is 0 Å². The highest BCUT2D eigenvalue weighted by atomic mass is 16.5. The van der Waals surface area contributed by atoms with Gasteiger partial charge in [-0.15, -0.1) is 0 Å². The van der Waals surface area contributed by atoms with Gasteiger partial charge in [-0.2, -0.15) is 0 Å². The quantitative estimate of drug-likeness (QED) is 0.835. The lowest BCUT2D eigenvalue weighted by atomic mass is 9.88. The van der Waals surface area contributed by atoms with Crippen molar-refractivity contribution in [1.82, 2.24) is 0 Å². The molecule has 110 valence electrons. The lowest BCUT2D eigenvalue weighted by Gasteiger charge is -2.23. The van der Waals surface area contributed by atoms with Gasteiger partial charge in [0.25, 0.3) is 0 Å². The Bertz CT molecular complexity index is 439. The highest BCUT2D eigenvalue weighted by molar-refractivity contribution is 5.44. The average Bonchev–Trinajstić information content (AvgIpc) is 2.88. The second-order valence-corrected chi connectivity index (χ2v) is 6.03. The van der Waals surface area contributed by atoms with Crippen LogP contribution < -0.4 is 15.2 Å². The first-order valence-electron chi connectivity index (χ1n) is 8.00. The van der Waals surface area contributed by atoms with E-state index >= 15 is 0 Å². The summed E-state index contributed by atoms with van der Waals surface area (Å²) in [5.41, 5.74) is 7.71. The van der Waals surface area contributed by atoms with E-state index < -0.39 is 0 Å². The molecule has 0 amide bonds. The van der Waals surface area contributed by atoms with Crippen LogP contribution in [0.1, 0.15) is 56.6 Å². The number of fused-ring (bicyclic) bond motifs is 1. The highest BCUT2D eigenvalue weighted by Gasteiger charge is 2.22. The van der Waals surface area contributed by atoms with Crippen molar-refractivity contribution in [2.45, 2.75) is 51.0 Å². The Balaban J connectivity index is 1.77. The van der Waals surface area contributed by atoms with Crippen molar-refractivity contribution in [3.63, 3.8) is 0 Å². The molecule has 1 unspecified atom stereocenters. The lowest BCUT2D eigenvalue weighted by molar-refractivity contribution is 0.296. The molecule has 20 heavy (non-hydrogen) atoms. The second kappa shape index (κ2) is 6.49. The van der Waals surface area contributed by atoms with Crippen LogP contribution >= 0.6 is 0 Å². The normalized spacial score (nSPS) is 21.9. The summed E-state index contributed by atoms with van der Waals surface area (Å²) in [5.74, 6) is 2.34. The lowest BCUT2D eigenvalue weighted by Crippen LogP contribution is -2.21. The first kappa shape index (κ1) is 13.7. The van der Waals surface area contributed by atoms with Crippen molar-refractivity contribution in [2.24, 2.45) is 11.7 Å². The molecule has 1 fully saturated rings. The van der Waals surface area contributed by atoms with E-state index in [1.54, 1.807) is 0 Å². The SMILES string of the molecule is NC(c1ccc2c(c1)OCCCO2)C1CCCCCC1. The molecule has 3 nitrogen and oxygen atoms in total. The Labute approximate surface area is 121 Å². The summed E-state index contributed by atoms with van der Waals surface area (Å²) in [7, 11) is 0. The predicted molar refractivity (Wildman–Crippen MR) is 80.2 cm³/mol. The summed E-state index contributed by atoms with van der Waals surface area (Å²) < 4.78 is 11.5. The van der Waals surface area contributed by atoms with Crippen LogP contribution in [0, 0.1) is 5.92 Å². The molecule has 0 saturated heterocycles. The third-order valence-corrected chi connectivity index (χ3v) is 4.56. The van der Waals surface area contributed by atoms with Gasteiger partial charge in [0.05, 0.1) is 13.2 Å². The molecule has 3 rings (SSSR count).